The van der Waals surface area contributed by atoms with Crippen LogP contribution in [0.2, 0.25) is 5.02 Å². The maximum atomic E-state index is 10.6. The molecule has 5 heteroatoms. The minimum absolute atomic E-state index is 0.303. The number of aliphatic hydroxyl groups is 1. The zero-order valence-corrected chi connectivity index (χ0v) is 19.9. The molecule has 1 aromatic rings. The molecule has 2 aliphatic carbocycles. The topological polar surface area (TPSA) is 35.9 Å². The van der Waals surface area contributed by atoms with Crippen LogP contribution in [-0.4, -0.2) is 61.5 Å². The van der Waals surface area contributed by atoms with E-state index in [1.807, 2.05) is 6.07 Å². The van der Waals surface area contributed by atoms with Crippen molar-refractivity contribution in [3.8, 4) is 0 Å². The zero-order valence-electron chi connectivity index (χ0n) is 19.2. The van der Waals surface area contributed by atoms with Crippen LogP contribution in [0.5, 0.6) is 0 Å². The van der Waals surface area contributed by atoms with E-state index in [2.05, 4.69) is 49.6 Å². The summed E-state index contributed by atoms with van der Waals surface area (Å²) in [4.78, 5) is 4.79. The molecule has 0 radical (unpaired) electrons. The van der Waals surface area contributed by atoms with Crippen molar-refractivity contribution in [3.63, 3.8) is 0 Å². The lowest BCUT2D eigenvalue weighted by molar-refractivity contribution is -0.0564. The summed E-state index contributed by atoms with van der Waals surface area (Å²) in [5, 5.41) is 11.4. The molecule has 1 heterocycles. The smallest absolute Gasteiger partial charge is 0.0689 e. The van der Waals surface area contributed by atoms with Crippen molar-refractivity contribution in [1.82, 2.24) is 4.90 Å². The third kappa shape index (κ3) is 4.13. The lowest BCUT2D eigenvalue weighted by Gasteiger charge is -2.39. The van der Waals surface area contributed by atoms with E-state index < -0.39 is 0 Å². The molecule has 1 saturated heterocycles. The van der Waals surface area contributed by atoms with E-state index in [-0.39, 0.29) is 6.10 Å². The zero-order chi connectivity index (χ0) is 21.5. The van der Waals surface area contributed by atoms with E-state index in [9.17, 15) is 5.11 Å². The Morgan fingerprint density at radius 3 is 2.57 bits per heavy atom. The molecule has 0 spiro atoms. The molecule has 4 atom stereocenters. The highest BCUT2D eigenvalue weighted by Gasteiger charge is 2.61. The number of fused-ring (bicyclic) bond motifs is 2. The highest BCUT2D eigenvalue weighted by Crippen LogP contribution is 2.66. The first-order chi connectivity index (χ1) is 14.2. The largest absolute Gasteiger partial charge is 0.392 e. The molecule has 0 amide bonds. The first-order valence-corrected chi connectivity index (χ1v) is 12.1. The summed E-state index contributed by atoms with van der Waals surface area (Å²) >= 11 is 6.19. The average molecular weight is 435 g/mol. The number of nitrogens with zero attached hydrogens (tertiary/aromatic N) is 2. The van der Waals surface area contributed by atoms with Gasteiger partial charge in [0, 0.05) is 50.0 Å². The van der Waals surface area contributed by atoms with Crippen molar-refractivity contribution in [3.05, 3.63) is 28.8 Å². The molecule has 4 rings (SSSR count). The number of β-amino-alcohol motifs (C(OH)–C–C–N with tert-alkyl or cyclic N) is 1. The molecule has 0 aromatic heterocycles. The molecule has 30 heavy (non-hydrogen) atoms. The van der Waals surface area contributed by atoms with Crippen LogP contribution in [0.25, 0.3) is 0 Å². The van der Waals surface area contributed by atoms with E-state index in [0.717, 1.165) is 50.1 Å². The highest BCUT2D eigenvalue weighted by molar-refractivity contribution is 6.30. The summed E-state index contributed by atoms with van der Waals surface area (Å²) in [6, 6.07) is 6.11. The summed E-state index contributed by atoms with van der Waals surface area (Å²) in [6.07, 6.45) is 4.61. The van der Waals surface area contributed by atoms with E-state index in [4.69, 9.17) is 16.3 Å². The Balaban J connectivity index is 1.19. The predicted molar refractivity (Wildman–Crippen MR) is 124 cm³/mol. The van der Waals surface area contributed by atoms with E-state index in [1.165, 1.54) is 30.5 Å². The number of piperazine rings is 1. The summed E-state index contributed by atoms with van der Waals surface area (Å²) in [5.74, 6) is 0.803. The van der Waals surface area contributed by atoms with E-state index in [0.29, 0.717) is 23.5 Å². The fraction of sp³-hybridized carbons (Fsp3) is 0.760. The lowest BCUT2D eigenvalue weighted by Crippen LogP contribution is -2.49. The fourth-order valence-corrected chi connectivity index (χ4v) is 6.38. The Hall–Kier alpha value is -0.810. The van der Waals surface area contributed by atoms with Crippen molar-refractivity contribution < 1.29 is 9.84 Å². The van der Waals surface area contributed by atoms with Crippen LogP contribution in [0.3, 0.4) is 0 Å². The number of benzene rings is 1. The van der Waals surface area contributed by atoms with Crippen LogP contribution in [0.15, 0.2) is 18.2 Å². The van der Waals surface area contributed by atoms with Gasteiger partial charge >= 0.3 is 0 Å². The molecule has 2 bridgehead atoms. The number of hydrogen-bond acceptors (Lipinski definition) is 4. The van der Waals surface area contributed by atoms with Gasteiger partial charge < -0.3 is 14.7 Å². The maximum absolute atomic E-state index is 10.6. The van der Waals surface area contributed by atoms with Gasteiger partial charge in [-0.1, -0.05) is 38.4 Å². The molecule has 1 N–H and O–H groups in total. The summed E-state index contributed by atoms with van der Waals surface area (Å²) in [5.41, 5.74) is 3.19. The first kappa shape index (κ1) is 22.4. The highest BCUT2D eigenvalue weighted by atomic mass is 35.5. The molecule has 1 aromatic carbocycles. The third-order valence-electron chi connectivity index (χ3n) is 8.84. The lowest BCUT2D eigenvalue weighted by atomic mass is 9.70. The van der Waals surface area contributed by atoms with E-state index in [1.54, 1.807) is 0 Å². The first-order valence-electron chi connectivity index (χ1n) is 11.7. The number of aryl methyl sites for hydroxylation is 1. The molecule has 0 unspecified atom stereocenters. The Bertz CT molecular complexity index is 747. The fourth-order valence-electron chi connectivity index (χ4n) is 6.21. The number of aliphatic hydroxyl groups excluding tert-OH is 1. The predicted octanol–water partition coefficient (Wildman–Crippen LogP) is 4.75. The minimum Gasteiger partial charge on any atom is -0.392 e. The Labute approximate surface area is 187 Å². The van der Waals surface area contributed by atoms with Crippen LogP contribution in [0.4, 0.5) is 5.69 Å². The van der Waals surface area contributed by atoms with Crippen LogP contribution in [-0.2, 0) is 4.74 Å². The molecule has 168 valence electrons. The standard InChI is InChI=1S/C25H39ClN2O2/c1-18-5-6-20(26)16-22(18)28-12-10-27(11-13-28)17-21(29)8-14-30-23-15-19-7-9-25(23,4)24(19,2)3/h5-6,16,19,21,23,29H,7-15,17H2,1-4H3/t19-,21-,23+,25-/m1/s1. The van der Waals surface area contributed by atoms with Gasteiger partial charge in [0.25, 0.3) is 0 Å². The summed E-state index contributed by atoms with van der Waals surface area (Å²) < 4.78 is 6.34. The molecule has 2 saturated carbocycles. The Morgan fingerprint density at radius 2 is 1.93 bits per heavy atom. The second kappa shape index (κ2) is 8.61. The van der Waals surface area contributed by atoms with Crippen molar-refractivity contribution >= 4 is 17.3 Å². The summed E-state index contributed by atoms with van der Waals surface area (Å²) in [6.45, 7) is 14.7. The van der Waals surface area contributed by atoms with Gasteiger partial charge in [-0.15, -0.1) is 0 Å². The maximum Gasteiger partial charge on any atom is 0.0689 e. The molecular weight excluding hydrogens is 396 g/mol. The minimum atomic E-state index is -0.316. The van der Waals surface area contributed by atoms with Gasteiger partial charge in [-0.3, -0.25) is 4.90 Å². The van der Waals surface area contributed by atoms with Crippen molar-refractivity contribution in [1.29, 1.82) is 0 Å². The molecule has 3 aliphatic rings. The normalized spacial score (nSPS) is 32.0. The van der Waals surface area contributed by atoms with E-state index >= 15 is 0 Å². The average Bonchev–Trinajstić information content (AvgIpc) is 3.04. The van der Waals surface area contributed by atoms with Crippen LogP contribution in [0, 0.1) is 23.7 Å². The Kier molecular flexibility index (Phi) is 6.43. The third-order valence-corrected chi connectivity index (χ3v) is 9.07. The molecule has 3 fully saturated rings. The van der Waals surface area contributed by atoms with Crippen molar-refractivity contribution in [2.24, 2.45) is 16.7 Å². The van der Waals surface area contributed by atoms with Crippen LogP contribution >= 0.6 is 11.6 Å². The van der Waals surface area contributed by atoms with Crippen LogP contribution < -0.4 is 4.90 Å². The van der Waals surface area contributed by atoms with Crippen molar-refractivity contribution in [2.75, 3.05) is 44.2 Å². The van der Waals surface area contributed by atoms with Gasteiger partial charge in [0.05, 0.1) is 12.2 Å². The van der Waals surface area contributed by atoms with Gasteiger partial charge in [-0.25, -0.2) is 0 Å². The number of ether oxygens (including phenoxy) is 1. The second-order valence-corrected chi connectivity index (χ2v) is 11.1. The van der Waals surface area contributed by atoms with Crippen molar-refractivity contribution in [2.45, 2.75) is 65.6 Å². The quantitative estimate of drug-likeness (QED) is 0.671. The number of hydrogen-bond donors (Lipinski definition) is 1. The van der Waals surface area contributed by atoms with Gasteiger partial charge in [-0.2, -0.15) is 0 Å². The molecular formula is C25H39ClN2O2. The SMILES string of the molecule is Cc1ccc(Cl)cc1N1CCN(C[C@H](O)CCO[C@H]2C[C@H]3CC[C@@]2(C)C3(C)C)CC1. The van der Waals surface area contributed by atoms with Gasteiger partial charge in [0.15, 0.2) is 0 Å². The number of anilines is 1. The molecule has 1 aliphatic heterocycles. The van der Waals surface area contributed by atoms with Crippen LogP contribution in [0.1, 0.15) is 52.0 Å². The monoisotopic (exact) mass is 434 g/mol. The second-order valence-electron chi connectivity index (χ2n) is 10.6. The number of rotatable bonds is 7. The van der Waals surface area contributed by atoms with Gasteiger partial charge in [0.1, 0.15) is 0 Å². The van der Waals surface area contributed by atoms with Gasteiger partial charge in [0.2, 0.25) is 0 Å². The summed E-state index contributed by atoms with van der Waals surface area (Å²) in [7, 11) is 0. The number of halogens is 1. The molecule has 4 nitrogen and oxygen atoms in total. The van der Waals surface area contributed by atoms with Gasteiger partial charge in [-0.05, 0) is 67.1 Å². The Morgan fingerprint density at radius 1 is 1.20 bits per heavy atom.